The molecule has 26 heavy (non-hydrogen) atoms. The normalized spacial score (nSPS) is 11.0. The number of ether oxygens (including phenoxy) is 1. The molecule has 2 heterocycles. The maximum atomic E-state index is 11.2. The van der Waals surface area contributed by atoms with Gasteiger partial charge in [0, 0.05) is 5.02 Å². The number of nitrogens with zero attached hydrogens (tertiary/aromatic N) is 3. The molecular formula is C19H20ClN3O3. The number of carboxylic acids is 1. The summed E-state index contributed by atoms with van der Waals surface area (Å²) in [5, 5.41) is 9.76. The van der Waals surface area contributed by atoms with Crippen molar-refractivity contribution in [2.75, 3.05) is 6.61 Å². The number of aromatic carboxylic acids is 1. The van der Waals surface area contributed by atoms with Crippen molar-refractivity contribution in [1.29, 1.82) is 0 Å². The third kappa shape index (κ3) is 3.80. The Morgan fingerprint density at radius 2 is 2.08 bits per heavy atom. The Kier molecular flexibility index (Phi) is 5.42. The molecule has 136 valence electrons. The second-order valence-electron chi connectivity index (χ2n) is 6.04. The number of halogens is 1. The molecule has 0 aliphatic carbocycles. The van der Waals surface area contributed by atoms with Crippen molar-refractivity contribution in [3.8, 4) is 5.75 Å². The minimum atomic E-state index is -1.07. The van der Waals surface area contributed by atoms with Crippen molar-refractivity contribution in [3.63, 3.8) is 0 Å². The van der Waals surface area contributed by atoms with E-state index in [-0.39, 0.29) is 5.69 Å². The summed E-state index contributed by atoms with van der Waals surface area (Å²) in [6.45, 7) is 5.09. The van der Waals surface area contributed by atoms with Crippen LogP contribution in [0.5, 0.6) is 5.75 Å². The van der Waals surface area contributed by atoms with Crippen LogP contribution in [0.4, 0.5) is 0 Å². The zero-order valence-corrected chi connectivity index (χ0v) is 15.5. The molecule has 0 atom stereocenters. The topological polar surface area (TPSA) is 77.2 Å². The van der Waals surface area contributed by atoms with E-state index in [1.54, 1.807) is 12.1 Å². The van der Waals surface area contributed by atoms with Gasteiger partial charge in [-0.2, -0.15) is 0 Å². The second kappa shape index (κ2) is 7.74. The van der Waals surface area contributed by atoms with E-state index in [9.17, 15) is 4.79 Å². The minimum Gasteiger partial charge on any atom is -0.494 e. The predicted octanol–water partition coefficient (Wildman–Crippen LogP) is 4.32. The molecule has 0 aliphatic rings. The summed E-state index contributed by atoms with van der Waals surface area (Å²) in [6.07, 6.45) is 2.07. The summed E-state index contributed by atoms with van der Waals surface area (Å²) < 4.78 is 7.53. The van der Waals surface area contributed by atoms with E-state index in [1.807, 2.05) is 23.6 Å². The lowest BCUT2D eigenvalue weighted by Gasteiger charge is -2.11. The molecule has 1 N–H and O–H groups in total. The average Bonchev–Trinajstić information content (AvgIpc) is 2.92. The number of aromatic nitrogens is 3. The van der Waals surface area contributed by atoms with Gasteiger partial charge in [0.2, 0.25) is 0 Å². The number of rotatable bonds is 7. The number of hydrogen-bond acceptors (Lipinski definition) is 4. The largest absolute Gasteiger partial charge is 0.494 e. The van der Waals surface area contributed by atoms with E-state index >= 15 is 0 Å². The summed E-state index contributed by atoms with van der Waals surface area (Å²) in [6, 6.07) is 8.73. The predicted molar refractivity (Wildman–Crippen MR) is 100 cm³/mol. The Hall–Kier alpha value is -2.60. The number of fused-ring (bicyclic) bond motifs is 1. The van der Waals surface area contributed by atoms with Gasteiger partial charge in [0.15, 0.2) is 11.3 Å². The first kappa shape index (κ1) is 18.2. The van der Waals surface area contributed by atoms with Gasteiger partial charge in [0.05, 0.1) is 13.2 Å². The highest BCUT2D eigenvalue weighted by Gasteiger charge is 2.14. The molecule has 0 saturated carbocycles. The molecule has 0 saturated heterocycles. The summed E-state index contributed by atoms with van der Waals surface area (Å²) in [7, 11) is 0. The molecule has 0 aliphatic heterocycles. The molecule has 0 bridgehead atoms. The zero-order chi connectivity index (χ0) is 18.7. The first-order chi connectivity index (χ1) is 12.5. The van der Waals surface area contributed by atoms with E-state index < -0.39 is 5.97 Å². The fourth-order valence-electron chi connectivity index (χ4n) is 2.67. The fraction of sp³-hybridized carbons (Fsp3) is 0.316. The van der Waals surface area contributed by atoms with Crippen LogP contribution >= 0.6 is 11.6 Å². The van der Waals surface area contributed by atoms with Crippen molar-refractivity contribution >= 4 is 28.7 Å². The van der Waals surface area contributed by atoms with Gasteiger partial charge in [-0.25, -0.2) is 14.8 Å². The number of benzene rings is 1. The molecule has 3 aromatic rings. The summed E-state index contributed by atoms with van der Waals surface area (Å²) in [5.74, 6) is 0.420. The van der Waals surface area contributed by atoms with Crippen LogP contribution in [0.1, 0.15) is 41.6 Å². The number of pyridine rings is 1. The van der Waals surface area contributed by atoms with Crippen LogP contribution in [0.25, 0.3) is 11.2 Å². The zero-order valence-electron chi connectivity index (χ0n) is 14.7. The monoisotopic (exact) mass is 373 g/mol. The van der Waals surface area contributed by atoms with Gasteiger partial charge in [-0.1, -0.05) is 31.0 Å². The average molecular weight is 374 g/mol. The van der Waals surface area contributed by atoms with Gasteiger partial charge < -0.3 is 14.4 Å². The first-order valence-corrected chi connectivity index (χ1v) is 8.85. The molecule has 0 fully saturated rings. The van der Waals surface area contributed by atoms with E-state index in [0.29, 0.717) is 29.3 Å². The Bertz CT molecular complexity index is 953. The lowest BCUT2D eigenvalue weighted by Crippen LogP contribution is -2.06. The van der Waals surface area contributed by atoms with Crippen molar-refractivity contribution in [2.45, 2.75) is 33.2 Å². The van der Waals surface area contributed by atoms with E-state index in [2.05, 4.69) is 16.9 Å². The van der Waals surface area contributed by atoms with Gasteiger partial charge >= 0.3 is 5.97 Å². The van der Waals surface area contributed by atoms with Gasteiger partial charge in [0.1, 0.15) is 17.1 Å². The standard InChI is InChI=1S/C19H20ClN3O3/c1-3-4-9-26-14-6-5-13(15(20)10-14)11-23-12(2)21-16-7-8-17(19(24)25)22-18(16)23/h5-8,10H,3-4,9,11H2,1-2H3,(H,24,25). The minimum absolute atomic E-state index is 0.00980. The van der Waals surface area contributed by atoms with E-state index in [0.717, 1.165) is 30.0 Å². The number of hydrogen-bond donors (Lipinski definition) is 1. The summed E-state index contributed by atoms with van der Waals surface area (Å²) >= 11 is 6.42. The molecule has 1 aromatic carbocycles. The van der Waals surface area contributed by atoms with Crippen LogP contribution in [0.2, 0.25) is 5.02 Å². The third-order valence-corrected chi connectivity index (χ3v) is 4.47. The highest BCUT2D eigenvalue weighted by atomic mass is 35.5. The Labute approximate surface area is 156 Å². The van der Waals surface area contributed by atoms with Gasteiger partial charge in [-0.05, 0) is 43.2 Å². The number of imidazole rings is 1. The lowest BCUT2D eigenvalue weighted by molar-refractivity contribution is 0.0691. The molecule has 0 amide bonds. The van der Waals surface area contributed by atoms with Crippen molar-refractivity contribution in [3.05, 3.63) is 52.4 Å². The van der Waals surface area contributed by atoms with E-state index in [4.69, 9.17) is 21.4 Å². The fourth-order valence-corrected chi connectivity index (χ4v) is 2.90. The van der Waals surface area contributed by atoms with Crippen LogP contribution < -0.4 is 4.74 Å². The number of aryl methyl sites for hydroxylation is 1. The van der Waals surface area contributed by atoms with Crippen LogP contribution in [0.15, 0.2) is 30.3 Å². The van der Waals surface area contributed by atoms with Crippen molar-refractivity contribution in [1.82, 2.24) is 14.5 Å². The van der Waals surface area contributed by atoms with Crippen LogP contribution in [0, 0.1) is 6.92 Å². The smallest absolute Gasteiger partial charge is 0.354 e. The highest BCUT2D eigenvalue weighted by Crippen LogP contribution is 2.25. The summed E-state index contributed by atoms with van der Waals surface area (Å²) in [4.78, 5) is 19.9. The molecule has 2 aromatic heterocycles. The molecule has 7 heteroatoms. The Morgan fingerprint density at radius 3 is 2.77 bits per heavy atom. The van der Waals surface area contributed by atoms with Crippen molar-refractivity contribution in [2.24, 2.45) is 0 Å². The second-order valence-corrected chi connectivity index (χ2v) is 6.45. The molecule has 0 spiro atoms. The number of carboxylic acid groups (broad SMARTS) is 1. The lowest BCUT2D eigenvalue weighted by atomic mass is 10.2. The number of unbranched alkanes of at least 4 members (excludes halogenated alkanes) is 1. The molecule has 3 rings (SSSR count). The van der Waals surface area contributed by atoms with Crippen molar-refractivity contribution < 1.29 is 14.6 Å². The first-order valence-electron chi connectivity index (χ1n) is 8.48. The summed E-state index contributed by atoms with van der Waals surface area (Å²) in [5.41, 5.74) is 2.06. The molecular weight excluding hydrogens is 354 g/mol. The number of carbonyl (C=O) groups is 1. The quantitative estimate of drug-likeness (QED) is 0.624. The van der Waals surface area contributed by atoms with Crippen LogP contribution in [0.3, 0.4) is 0 Å². The van der Waals surface area contributed by atoms with Crippen LogP contribution in [-0.2, 0) is 6.54 Å². The van der Waals surface area contributed by atoms with Gasteiger partial charge in [-0.15, -0.1) is 0 Å². The van der Waals surface area contributed by atoms with E-state index in [1.165, 1.54) is 6.07 Å². The maximum Gasteiger partial charge on any atom is 0.354 e. The van der Waals surface area contributed by atoms with Gasteiger partial charge in [0.25, 0.3) is 0 Å². The molecule has 0 radical (unpaired) electrons. The Balaban J connectivity index is 1.89. The molecule has 0 unspecified atom stereocenters. The highest BCUT2D eigenvalue weighted by molar-refractivity contribution is 6.31. The Morgan fingerprint density at radius 1 is 1.27 bits per heavy atom. The van der Waals surface area contributed by atoms with Crippen LogP contribution in [-0.4, -0.2) is 32.2 Å². The maximum absolute atomic E-state index is 11.2. The van der Waals surface area contributed by atoms with Gasteiger partial charge in [-0.3, -0.25) is 0 Å². The molecule has 6 nitrogen and oxygen atoms in total. The third-order valence-electron chi connectivity index (χ3n) is 4.12. The SMILES string of the molecule is CCCCOc1ccc(Cn2c(C)nc3ccc(C(=O)O)nc32)c(Cl)c1.